The van der Waals surface area contributed by atoms with Crippen molar-refractivity contribution in [3.63, 3.8) is 0 Å². The summed E-state index contributed by atoms with van der Waals surface area (Å²) in [6, 6.07) is 12.2. The molecule has 0 spiro atoms. The fourth-order valence-corrected chi connectivity index (χ4v) is 4.69. The van der Waals surface area contributed by atoms with E-state index in [1.54, 1.807) is 7.11 Å². The summed E-state index contributed by atoms with van der Waals surface area (Å²) in [5.41, 5.74) is 0.868. The lowest BCUT2D eigenvalue weighted by atomic mass is 10.00. The first-order valence-electron chi connectivity index (χ1n) is 11.5. The SMILES string of the molecule is COCCOc1ccccc1C(C(=O)Nc1ccc(F)cc1)N(C(=O)C12CC1C2)C1CC1C. The molecule has 33 heavy (non-hydrogen) atoms. The van der Waals surface area contributed by atoms with Gasteiger partial charge < -0.3 is 19.7 Å². The second kappa shape index (κ2) is 8.45. The molecule has 3 saturated carbocycles. The van der Waals surface area contributed by atoms with Crippen LogP contribution in [0.1, 0.15) is 37.8 Å². The van der Waals surface area contributed by atoms with Crippen molar-refractivity contribution in [2.45, 2.75) is 38.3 Å². The van der Waals surface area contributed by atoms with E-state index in [0.717, 1.165) is 19.3 Å². The lowest BCUT2D eigenvalue weighted by molar-refractivity contribution is -0.143. The van der Waals surface area contributed by atoms with Crippen LogP contribution in [0.15, 0.2) is 48.5 Å². The van der Waals surface area contributed by atoms with E-state index in [4.69, 9.17) is 9.47 Å². The number of ether oxygens (including phenoxy) is 2. The summed E-state index contributed by atoms with van der Waals surface area (Å²) >= 11 is 0. The number of halogens is 1. The van der Waals surface area contributed by atoms with E-state index in [9.17, 15) is 14.0 Å². The highest BCUT2D eigenvalue weighted by Gasteiger charge is 2.76. The highest BCUT2D eigenvalue weighted by Crippen LogP contribution is 2.76. The van der Waals surface area contributed by atoms with Crippen molar-refractivity contribution in [3.05, 3.63) is 59.9 Å². The topological polar surface area (TPSA) is 67.9 Å². The first-order chi connectivity index (χ1) is 15.9. The van der Waals surface area contributed by atoms with E-state index < -0.39 is 6.04 Å². The normalized spacial score (nSPS) is 27.2. The van der Waals surface area contributed by atoms with Crippen LogP contribution in [0.2, 0.25) is 0 Å². The van der Waals surface area contributed by atoms with Crippen molar-refractivity contribution in [2.24, 2.45) is 17.3 Å². The zero-order chi connectivity index (χ0) is 23.2. The number of para-hydroxylation sites is 1. The van der Waals surface area contributed by atoms with Crippen LogP contribution in [-0.4, -0.2) is 43.1 Å². The first-order valence-corrected chi connectivity index (χ1v) is 11.5. The van der Waals surface area contributed by atoms with Gasteiger partial charge in [0.15, 0.2) is 0 Å². The summed E-state index contributed by atoms with van der Waals surface area (Å²) in [6.45, 7) is 2.85. The maximum absolute atomic E-state index is 13.7. The fourth-order valence-electron chi connectivity index (χ4n) is 4.69. The second-order valence-corrected chi connectivity index (χ2v) is 9.53. The van der Waals surface area contributed by atoms with E-state index in [1.807, 2.05) is 29.2 Å². The minimum Gasteiger partial charge on any atom is -0.491 e. The largest absolute Gasteiger partial charge is 0.491 e. The van der Waals surface area contributed by atoms with Gasteiger partial charge in [0.25, 0.3) is 5.91 Å². The Bertz CT molecular complexity index is 1050. The molecule has 6 nitrogen and oxygen atoms in total. The molecule has 0 radical (unpaired) electrons. The molecule has 2 aromatic rings. The molecule has 0 saturated heterocycles. The molecule has 1 N–H and O–H groups in total. The summed E-state index contributed by atoms with van der Waals surface area (Å²) < 4.78 is 24.4. The Hall–Kier alpha value is -2.93. The van der Waals surface area contributed by atoms with Crippen LogP contribution >= 0.6 is 0 Å². The molecule has 0 heterocycles. The quantitative estimate of drug-likeness (QED) is 0.550. The molecule has 2 amide bonds. The van der Waals surface area contributed by atoms with Crippen molar-refractivity contribution >= 4 is 17.5 Å². The van der Waals surface area contributed by atoms with Crippen LogP contribution in [0, 0.1) is 23.1 Å². The number of carbonyl (C=O) groups is 2. The molecule has 3 aliphatic rings. The monoisotopic (exact) mass is 452 g/mol. The first kappa shape index (κ1) is 21.9. The summed E-state index contributed by atoms with van der Waals surface area (Å²) in [4.78, 5) is 29.3. The molecule has 3 fully saturated rings. The standard InChI is InChI=1S/C26H29FN2O4/c1-16-13-21(16)29(25(31)26-14-17(26)15-26)23(24(30)28-19-9-7-18(27)8-10-19)20-5-3-4-6-22(20)33-12-11-32-2/h3-10,16-17,21,23H,11-15H2,1-2H3,(H,28,30). The molecular formula is C26H29FN2O4. The predicted molar refractivity (Wildman–Crippen MR) is 121 cm³/mol. The van der Waals surface area contributed by atoms with E-state index in [-0.39, 0.29) is 29.1 Å². The van der Waals surface area contributed by atoms with Gasteiger partial charge in [0, 0.05) is 24.4 Å². The molecule has 174 valence electrons. The Morgan fingerprint density at radius 2 is 1.82 bits per heavy atom. The summed E-state index contributed by atoms with van der Waals surface area (Å²) in [6.07, 6.45) is 2.71. The fraction of sp³-hybridized carbons (Fsp3) is 0.462. The Kier molecular flexibility index (Phi) is 5.60. The van der Waals surface area contributed by atoms with Crippen molar-refractivity contribution in [1.29, 1.82) is 0 Å². The van der Waals surface area contributed by atoms with Crippen LogP contribution in [-0.2, 0) is 14.3 Å². The Morgan fingerprint density at radius 1 is 1.15 bits per heavy atom. The van der Waals surface area contributed by atoms with Crippen LogP contribution in [0.5, 0.6) is 5.75 Å². The lowest BCUT2D eigenvalue weighted by Gasteiger charge is -2.34. The van der Waals surface area contributed by atoms with Crippen LogP contribution in [0.25, 0.3) is 0 Å². The van der Waals surface area contributed by atoms with Crippen molar-refractivity contribution in [1.82, 2.24) is 4.90 Å². The van der Waals surface area contributed by atoms with E-state index >= 15 is 0 Å². The third kappa shape index (κ3) is 4.22. The predicted octanol–water partition coefficient (Wildman–Crippen LogP) is 4.18. The number of hydrogen-bond acceptors (Lipinski definition) is 4. The number of amides is 2. The highest BCUT2D eigenvalue weighted by molar-refractivity contribution is 6.00. The number of nitrogens with zero attached hydrogens (tertiary/aromatic N) is 1. The van der Waals surface area contributed by atoms with E-state index in [1.165, 1.54) is 24.3 Å². The number of nitrogens with one attached hydrogen (secondary N) is 1. The number of methoxy groups -OCH3 is 1. The van der Waals surface area contributed by atoms with Gasteiger partial charge in [-0.15, -0.1) is 0 Å². The molecule has 3 atom stereocenters. The molecule has 0 bridgehead atoms. The second-order valence-electron chi connectivity index (χ2n) is 9.53. The van der Waals surface area contributed by atoms with E-state index in [0.29, 0.717) is 42.0 Å². The van der Waals surface area contributed by atoms with Gasteiger partial charge in [0.05, 0.1) is 12.0 Å². The van der Waals surface area contributed by atoms with Gasteiger partial charge in [0.2, 0.25) is 5.91 Å². The average Bonchev–Trinajstić information content (AvgIpc) is 3.71. The smallest absolute Gasteiger partial charge is 0.251 e. The molecule has 5 rings (SSSR count). The number of carbonyl (C=O) groups excluding carboxylic acids is 2. The van der Waals surface area contributed by atoms with Gasteiger partial charge in [-0.1, -0.05) is 25.1 Å². The Morgan fingerprint density at radius 3 is 2.42 bits per heavy atom. The van der Waals surface area contributed by atoms with Crippen molar-refractivity contribution in [3.8, 4) is 5.75 Å². The van der Waals surface area contributed by atoms with Crippen LogP contribution < -0.4 is 10.1 Å². The third-order valence-corrected chi connectivity index (χ3v) is 7.16. The van der Waals surface area contributed by atoms with Crippen molar-refractivity contribution < 1.29 is 23.5 Å². The Labute approximate surface area is 193 Å². The van der Waals surface area contributed by atoms with Crippen LogP contribution in [0.3, 0.4) is 0 Å². The lowest BCUT2D eigenvalue weighted by Crippen LogP contribution is -2.45. The van der Waals surface area contributed by atoms with Gasteiger partial charge in [-0.25, -0.2) is 4.39 Å². The molecule has 3 aliphatic carbocycles. The van der Waals surface area contributed by atoms with Gasteiger partial charge in [0.1, 0.15) is 24.2 Å². The minimum atomic E-state index is -0.840. The Balaban J connectivity index is 1.51. The molecule has 7 heteroatoms. The van der Waals surface area contributed by atoms with E-state index in [2.05, 4.69) is 12.2 Å². The highest BCUT2D eigenvalue weighted by atomic mass is 19.1. The van der Waals surface area contributed by atoms with Gasteiger partial charge in [-0.2, -0.15) is 0 Å². The van der Waals surface area contributed by atoms with Crippen LogP contribution in [0.4, 0.5) is 10.1 Å². The number of fused-ring (bicyclic) bond motifs is 1. The number of benzene rings is 2. The molecular weight excluding hydrogens is 423 g/mol. The number of hydrogen-bond donors (Lipinski definition) is 1. The van der Waals surface area contributed by atoms with Gasteiger partial charge in [-0.05, 0) is 61.4 Å². The minimum absolute atomic E-state index is 0.0183. The maximum Gasteiger partial charge on any atom is 0.251 e. The number of anilines is 1. The maximum atomic E-state index is 13.7. The number of rotatable bonds is 10. The molecule has 0 aliphatic heterocycles. The third-order valence-electron chi connectivity index (χ3n) is 7.16. The molecule has 0 aromatic heterocycles. The summed E-state index contributed by atoms with van der Waals surface area (Å²) in [5, 5.41) is 2.90. The summed E-state index contributed by atoms with van der Waals surface area (Å²) in [7, 11) is 1.60. The van der Waals surface area contributed by atoms with Gasteiger partial charge in [-0.3, -0.25) is 9.59 Å². The molecule has 3 unspecified atom stereocenters. The average molecular weight is 453 g/mol. The zero-order valence-corrected chi connectivity index (χ0v) is 18.9. The molecule has 2 aromatic carbocycles. The van der Waals surface area contributed by atoms with Crippen molar-refractivity contribution in [2.75, 3.05) is 25.6 Å². The zero-order valence-electron chi connectivity index (χ0n) is 18.9. The summed E-state index contributed by atoms with van der Waals surface area (Å²) in [5.74, 6) is 0.733. The van der Waals surface area contributed by atoms with Gasteiger partial charge >= 0.3 is 0 Å².